The van der Waals surface area contributed by atoms with Crippen molar-refractivity contribution in [3.63, 3.8) is 0 Å². The number of pyridine rings is 1. The zero-order valence-corrected chi connectivity index (χ0v) is 20.3. The van der Waals surface area contributed by atoms with E-state index in [0.29, 0.717) is 29.5 Å². The van der Waals surface area contributed by atoms with Gasteiger partial charge in [0.1, 0.15) is 5.75 Å². The van der Waals surface area contributed by atoms with Crippen molar-refractivity contribution in [3.05, 3.63) is 84.0 Å². The number of anilines is 2. The van der Waals surface area contributed by atoms with Crippen molar-refractivity contribution in [2.75, 3.05) is 43.1 Å². The van der Waals surface area contributed by atoms with E-state index in [1.54, 1.807) is 37.6 Å². The molecule has 2 heterocycles. The summed E-state index contributed by atoms with van der Waals surface area (Å²) in [6, 6.07) is 22.2. The molecule has 0 radical (unpaired) electrons. The molecule has 0 saturated carbocycles. The number of methoxy groups -OCH3 is 1. The molecule has 0 spiro atoms. The second kappa shape index (κ2) is 9.16. The highest BCUT2D eigenvalue weighted by molar-refractivity contribution is 7.91. The number of fused-ring (bicyclic) bond motifs is 1. The number of rotatable bonds is 5. The molecule has 1 fully saturated rings. The first-order valence-electron chi connectivity index (χ1n) is 11.1. The Bertz CT molecular complexity index is 1420. The van der Waals surface area contributed by atoms with Crippen molar-refractivity contribution in [2.24, 2.45) is 0 Å². The second-order valence-corrected chi connectivity index (χ2v) is 10.5. The lowest BCUT2D eigenvalue weighted by Gasteiger charge is -2.38. The molecule has 0 aliphatic carbocycles. The Morgan fingerprint density at radius 3 is 2.24 bits per heavy atom. The number of benzene rings is 3. The van der Waals surface area contributed by atoms with Gasteiger partial charge in [-0.15, -0.1) is 0 Å². The van der Waals surface area contributed by atoms with E-state index in [0.717, 1.165) is 24.0 Å². The Labute approximate surface area is 204 Å². The third-order valence-electron chi connectivity index (χ3n) is 6.20. The monoisotopic (exact) mass is 494 g/mol. The average Bonchev–Trinajstić information content (AvgIpc) is 2.88. The number of aromatic nitrogens is 1. The summed E-state index contributed by atoms with van der Waals surface area (Å²) in [5, 5.41) is 1.30. The number of halogens is 1. The van der Waals surface area contributed by atoms with Crippen LogP contribution in [0.1, 0.15) is 0 Å². The lowest BCUT2D eigenvalue weighted by Crippen LogP contribution is -2.47. The van der Waals surface area contributed by atoms with Crippen molar-refractivity contribution in [2.45, 2.75) is 9.79 Å². The van der Waals surface area contributed by atoms with Crippen molar-refractivity contribution < 1.29 is 18.1 Å². The molecule has 1 N–H and O–H groups in total. The summed E-state index contributed by atoms with van der Waals surface area (Å²) in [7, 11) is -2.19. The quantitative estimate of drug-likeness (QED) is 0.409. The predicted molar refractivity (Wildman–Crippen MR) is 135 cm³/mol. The Balaban J connectivity index is 1.61. The Hall–Kier alpha value is -3.29. The molecule has 0 atom stereocenters. The van der Waals surface area contributed by atoms with Gasteiger partial charge in [0, 0.05) is 43.0 Å². The molecule has 6 nitrogen and oxygen atoms in total. The van der Waals surface area contributed by atoms with Crippen molar-refractivity contribution >= 4 is 43.7 Å². The van der Waals surface area contributed by atoms with Gasteiger partial charge in [-0.2, -0.15) is 0 Å². The van der Waals surface area contributed by atoms with Crippen LogP contribution in [0.4, 0.5) is 11.4 Å². The van der Waals surface area contributed by atoms with Gasteiger partial charge in [-0.1, -0.05) is 29.8 Å². The van der Waals surface area contributed by atoms with Gasteiger partial charge in [0.25, 0.3) is 0 Å². The van der Waals surface area contributed by atoms with Gasteiger partial charge in [0.05, 0.1) is 23.1 Å². The lowest BCUT2D eigenvalue weighted by molar-refractivity contribution is -0.347. The number of nitrogens with zero attached hydrogens (tertiary/aromatic N) is 2. The minimum atomic E-state index is -3.80. The highest BCUT2D eigenvalue weighted by Gasteiger charge is 2.31. The Morgan fingerprint density at radius 1 is 0.882 bits per heavy atom. The van der Waals surface area contributed by atoms with Gasteiger partial charge < -0.3 is 14.5 Å². The van der Waals surface area contributed by atoms with Gasteiger partial charge >= 0.3 is 0 Å². The van der Waals surface area contributed by atoms with Crippen LogP contribution in [-0.2, 0) is 9.84 Å². The summed E-state index contributed by atoms with van der Waals surface area (Å²) in [6.07, 6.45) is 1.59. The van der Waals surface area contributed by atoms with Gasteiger partial charge in [0.2, 0.25) is 15.4 Å². The number of sulfone groups is 1. The molecule has 1 aromatic heterocycles. The fourth-order valence-electron chi connectivity index (χ4n) is 4.42. The Kier molecular flexibility index (Phi) is 6.06. The number of hydrogen-bond acceptors (Lipinski definition) is 5. The molecule has 0 amide bonds. The Morgan fingerprint density at radius 2 is 1.56 bits per heavy atom. The highest BCUT2D eigenvalue weighted by Crippen LogP contribution is 2.37. The van der Waals surface area contributed by atoms with Crippen LogP contribution in [0.15, 0.2) is 88.8 Å². The van der Waals surface area contributed by atoms with Crippen LogP contribution in [0.25, 0.3) is 10.9 Å². The second-order valence-electron chi connectivity index (χ2n) is 8.18. The van der Waals surface area contributed by atoms with E-state index < -0.39 is 9.84 Å². The summed E-state index contributed by atoms with van der Waals surface area (Å²) in [6.45, 7) is 2.95. The number of nitrogens with one attached hydrogen (secondary N) is 1. The van der Waals surface area contributed by atoms with E-state index in [4.69, 9.17) is 16.3 Å². The van der Waals surface area contributed by atoms with Crippen LogP contribution < -0.4 is 19.5 Å². The summed E-state index contributed by atoms with van der Waals surface area (Å²) < 4.78 is 33.0. The van der Waals surface area contributed by atoms with E-state index in [1.807, 2.05) is 36.4 Å². The summed E-state index contributed by atoms with van der Waals surface area (Å²) in [5.41, 5.74) is 2.70. The fraction of sp³-hybridized carbons (Fsp3) is 0.192. The zero-order chi connectivity index (χ0) is 23.7. The molecular formula is C26H25ClN3O3S+. The first-order chi connectivity index (χ1) is 16.5. The maximum absolute atomic E-state index is 13.8. The van der Waals surface area contributed by atoms with Crippen LogP contribution in [0.3, 0.4) is 0 Å². The molecule has 0 unspecified atom stereocenters. The SMILES string of the molecule is COc1ccc2[nH+]cc(S(=O)(=O)c3ccc(Cl)cc3)c(N3CCN(c4ccccc4)CC3)c2c1. The number of para-hydroxylation sites is 1. The topological polar surface area (TPSA) is 64.0 Å². The number of hydrogen-bond donors (Lipinski definition) is 0. The maximum atomic E-state index is 13.8. The van der Waals surface area contributed by atoms with E-state index >= 15 is 0 Å². The number of piperazine rings is 1. The molecule has 1 saturated heterocycles. The van der Waals surface area contributed by atoms with Crippen LogP contribution in [0, 0.1) is 0 Å². The van der Waals surface area contributed by atoms with E-state index in [9.17, 15) is 8.42 Å². The third-order valence-corrected chi connectivity index (χ3v) is 8.24. The molecular weight excluding hydrogens is 470 g/mol. The van der Waals surface area contributed by atoms with Crippen LogP contribution in [0.2, 0.25) is 5.02 Å². The van der Waals surface area contributed by atoms with Gasteiger partial charge in [-0.05, 0) is 48.5 Å². The van der Waals surface area contributed by atoms with Crippen molar-refractivity contribution in [1.82, 2.24) is 0 Å². The molecule has 3 aromatic carbocycles. The molecule has 1 aliphatic heterocycles. The predicted octanol–water partition coefficient (Wildman–Crippen LogP) is 4.48. The molecule has 1 aliphatic rings. The minimum Gasteiger partial charge on any atom is -0.497 e. The first-order valence-corrected chi connectivity index (χ1v) is 12.9. The van der Waals surface area contributed by atoms with Gasteiger partial charge in [-0.3, -0.25) is 0 Å². The van der Waals surface area contributed by atoms with Gasteiger partial charge in [0.15, 0.2) is 11.1 Å². The van der Waals surface area contributed by atoms with E-state index in [2.05, 4.69) is 26.9 Å². The number of ether oxygens (including phenoxy) is 1. The van der Waals surface area contributed by atoms with E-state index in [-0.39, 0.29) is 9.79 Å². The fourth-order valence-corrected chi connectivity index (χ4v) is 6.00. The normalized spacial score (nSPS) is 14.4. The summed E-state index contributed by atoms with van der Waals surface area (Å²) in [4.78, 5) is 8.10. The standard InChI is InChI=1S/C26H24ClN3O3S/c1-33-21-9-12-24-23(17-21)26(30-15-13-29(14-16-30)20-5-3-2-4-6-20)25(18-28-24)34(31,32)22-10-7-19(27)8-11-22/h2-12,17-18H,13-16H2,1H3/p+1. The van der Waals surface area contributed by atoms with Crippen LogP contribution in [-0.4, -0.2) is 41.7 Å². The van der Waals surface area contributed by atoms with Crippen LogP contribution >= 0.6 is 11.6 Å². The highest BCUT2D eigenvalue weighted by atomic mass is 35.5. The summed E-state index contributed by atoms with van der Waals surface area (Å²) in [5.74, 6) is 0.672. The molecule has 5 rings (SSSR count). The molecule has 4 aromatic rings. The molecule has 0 bridgehead atoms. The van der Waals surface area contributed by atoms with Crippen molar-refractivity contribution in [3.8, 4) is 5.75 Å². The largest absolute Gasteiger partial charge is 0.497 e. The smallest absolute Gasteiger partial charge is 0.214 e. The molecule has 8 heteroatoms. The maximum Gasteiger partial charge on any atom is 0.214 e. The number of aromatic amines is 1. The zero-order valence-electron chi connectivity index (χ0n) is 18.7. The van der Waals surface area contributed by atoms with Crippen LogP contribution in [0.5, 0.6) is 5.75 Å². The summed E-state index contributed by atoms with van der Waals surface area (Å²) >= 11 is 6.01. The average molecular weight is 495 g/mol. The minimum absolute atomic E-state index is 0.205. The third kappa shape index (κ3) is 4.17. The number of H-pyrrole nitrogens is 1. The first kappa shape index (κ1) is 22.5. The van der Waals surface area contributed by atoms with Gasteiger partial charge in [-0.25, -0.2) is 13.4 Å². The lowest BCUT2D eigenvalue weighted by atomic mass is 10.1. The molecule has 34 heavy (non-hydrogen) atoms. The van der Waals surface area contributed by atoms with E-state index in [1.165, 1.54) is 5.69 Å². The molecule has 174 valence electrons. The van der Waals surface area contributed by atoms with Crippen molar-refractivity contribution in [1.29, 1.82) is 0 Å².